The van der Waals surface area contributed by atoms with Gasteiger partial charge in [-0.3, -0.25) is 4.79 Å². The normalized spacial score (nSPS) is 14.4. The van der Waals surface area contributed by atoms with E-state index in [0.29, 0.717) is 18.0 Å². The third kappa shape index (κ3) is 4.50. The van der Waals surface area contributed by atoms with E-state index < -0.39 is 11.7 Å². The quantitative estimate of drug-likeness (QED) is 0.825. The Morgan fingerprint density at radius 1 is 1.24 bits per heavy atom. The van der Waals surface area contributed by atoms with Crippen molar-refractivity contribution in [3.63, 3.8) is 0 Å². The first kappa shape index (κ1) is 19.2. The van der Waals surface area contributed by atoms with Crippen LogP contribution < -0.4 is 15.8 Å². The van der Waals surface area contributed by atoms with Gasteiger partial charge in [-0.1, -0.05) is 18.2 Å². The molecule has 2 aromatic carbocycles. The van der Waals surface area contributed by atoms with Crippen molar-refractivity contribution in [2.45, 2.75) is 18.9 Å². The standard InChI is InChI=1S/C19H21FN2O2.ClH/c1-24-15-7-4-12(5-8-15)14-6-9-16(17(20)10-14)19(23)22-18(11-21)13-2-3-13;/h4-10,13,18H,2-3,11,21H2,1H3,(H,22,23);1H. The highest BCUT2D eigenvalue weighted by molar-refractivity contribution is 5.95. The summed E-state index contributed by atoms with van der Waals surface area (Å²) >= 11 is 0. The molecule has 1 amide bonds. The molecule has 0 bridgehead atoms. The predicted molar refractivity (Wildman–Crippen MR) is 98.7 cm³/mol. The van der Waals surface area contributed by atoms with E-state index in [-0.39, 0.29) is 24.0 Å². The van der Waals surface area contributed by atoms with E-state index in [9.17, 15) is 9.18 Å². The number of nitrogens with one attached hydrogen (secondary N) is 1. The van der Waals surface area contributed by atoms with Gasteiger partial charge in [0.25, 0.3) is 5.91 Å². The molecule has 6 heteroatoms. The molecule has 4 nitrogen and oxygen atoms in total. The Morgan fingerprint density at radius 3 is 2.40 bits per heavy atom. The molecule has 0 radical (unpaired) electrons. The minimum absolute atomic E-state index is 0. The molecule has 0 spiro atoms. The van der Waals surface area contributed by atoms with Crippen LogP contribution in [-0.4, -0.2) is 25.6 Å². The first-order valence-corrected chi connectivity index (χ1v) is 8.07. The number of halogens is 2. The highest BCUT2D eigenvalue weighted by Crippen LogP contribution is 2.32. The molecule has 0 saturated heterocycles. The Morgan fingerprint density at radius 2 is 1.88 bits per heavy atom. The lowest BCUT2D eigenvalue weighted by atomic mass is 10.0. The van der Waals surface area contributed by atoms with Crippen molar-refractivity contribution in [1.29, 1.82) is 0 Å². The Bertz CT molecular complexity index is 733. The first-order chi connectivity index (χ1) is 11.6. The zero-order chi connectivity index (χ0) is 17.1. The maximum atomic E-state index is 14.4. The molecule has 3 N–H and O–H groups in total. The molecule has 1 atom stereocenters. The Kier molecular flexibility index (Phi) is 6.39. The van der Waals surface area contributed by atoms with Crippen molar-refractivity contribution in [2.75, 3.05) is 13.7 Å². The SMILES string of the molecule is COc1ccc(-c2ccc(C(=O)NC(CN)C3CC3)c(F)c2)cc1.Cl. The molecule has 2 aromatic rings. The van der Waals surface area contributed by atoms with Gasteiger partial charge in [0.05, 0.1) is 12.7 Å². The molecule has 1 saturated carbocycles. The van der Waals surface area contributed by atoms with Gasteiger partial charge in [-0.05, 0) is 54.2 Å². The molecule has 1 fully saturated rings. The fraction of sp³-hybridized carbons (Fsp3) is 0.316. The fourth-order valence-corrected chi connectivity index (χ4v) is 2.78. The van der Waals surface area contributed by atoms with Crippen LogP contribution in [0.25, 0.3) is 11.1 Å². The number of ether oxygens (including phenoxy) is 1. The number of nitrogens with two attached hydrogens (primary N) is 1. The van der Waals surface area contributed by atoms with Crippen molar-refractivity contribution in [2.24, 2.45) is 11.7 Å². The second-order valence-electron chi connectivity index (χ2n) is 6.08. The van der Waals surface area contributed by atoms with Gasteiger partial charge in [0.2, 0.25) is 0 Å². The minimum atomic E-state index is -0.535. The van der Waals surface area contributed by atoms with Gasteiger partial charge < -0.3 is 15.8 Å². The molecule has 0 aromatic heterocycles. The smallest absolute Gasteiger partial charge is 0.254 e. The molecule has 1 aliphatic rings. The van der Waals surface area contributed by atoms with Gasteiger partial charge in [0.1, 0.15) is 11.6 Å². The van der Waals surface area contributed by atoms with E-state index in [0.717, 1.165) is 24.2 Å². The summed E-state index contributed by atoms with van der Waals surface area (Å²) in [5.41, 5.74) is 7.30. The molecular weight excluding hydrogens is 343 g/mol. The molecular formula is C19H22ClFN2O2. The number of benzene rings is 2. The molecule has 25 heavy (non-hydrogen) atoms. The van der Waals surface area contributed by atoms with Crippen molar-refractivity contribution >= 4 is 18.3 Å². The van der Waals surface area contributed by atoms with Crippen molar-refractivity contribution < 1.29 is 13.9 Å². The van der Waals surface area contributed by atoms with E-state index in [1.807, 2.05) is 24.3 Å². The number of hydrogen-bond acceptors (Lipinski definition) is 3. The Hall–Kier alpha value is -2.11. The van der Waals surface area contributed by atoms with Crippen LogP contribution in [0.3, 0.4) is 0 Å². The summed E-state index contributed by atoms with van der Waals surface area (Å²) in [5, 5.41) is 2.84. The Labute approximate surface area is 153 Å². The molecule has 0 heterocycles. The van der Waals surface area contributed by atoms with Crippen LogP contribution >= 0.6 is 12.4 Å². The second kappa shape index (κ2) is 8.32. The summed E-state index contributed by atoms with van der Waals surface area (Å²) < 4.78 is 19.5. The van der Waals surface area contributed by atoms with Crippen LogP contribution in [-0.2, 0) is 0 Å². The highest BCUT2D eigenvalue weighted by Gasteiger charge is 2.31. The maximum absolute atomic E-state index is 14.4. The fourth-order valence-electron chi connectivity index (χ4n) is 2.78. The lowest BCUT2D eigenvalue weighted by molar-refractivity contribution is 0.0929. The third-order valence-electron chi connectivity index (χ3n) is 4.40. The molecule has 134 valence electrons. The summed E-state index contributed by atoms with van der Waals surface area (Å²) in [6, 6.07) is 11.9. The number of amides is 1. The van der Waals surface area contributed by atoms with Crippen molar-refractivity contribution in [3.05, 3.63) is 53.8 Å². The van der Waals surface area contributed by atoms with Gasteiger partial charge in [0, 0.05) is 12.6 Å². The van der Waals surface area contributed by atoms with E-state index in [2.05, 4.69) is 5.32 Å². The molecule has 1 aliphatic carbocycles. The number of carbonyl (C=O) groups is 1. The predicted octanol–water partition coefficient (Wildman–Crippen LogP) is 3.39. The van der Waals surface area contributed by atoms with Crippen LogP contribution in [0.15, 0.2) is 42.5 Å². The van der Waals surface area contributed by atoms with Gasteiger partial charge in [0.15, 0.2) is 0 Å². The van der Waals surface area contributed by atoms with Crippen LogP contribution in [0.5, 0.6) is 5.75 Å². The molecule has 1 unspecified atom stereocenters. The molecule has 3 rings (SSSR count). The monoisotopic (exact) mass is 364 g/mol. The number of methoxy groups -OCH3 is 1. The average molecular weight is 365 g/mol. The van der Waals surface area contributed by atoms with Crippen molar-refractivity contribution in [1.82, 2.24) is 5.32 Å². The van der Waals surface area contributed by atoms with Crippen LogP contribution in [0.1, 0.15) is 23.2 Å². The van der Waals surface area contributed by atoms with Gasteiger partial charge in [-0.2, -0.15) is 0 Å². The van der Waals surface area contributed by atoms with E-state index in [1.165, 1.54) is 12.1 Å². The zero-order valence-electron chi connectivity index (χ0n) is 14.0. The van der Waals surface area contributed by atoms with Crippen LogP contribution in [0.2, 0.25) is 0 Å². The Balaban J connectivity index is 0.00000225. The summed E-state index contributed by atoms with van der Waals surface area (Å²) in [5.74, 6) is 0.229. The summed E-state index contributed by atoms with van der Waals surface area (Å²) in [6.45, 7) is 0.377. The van der Waals surface area contributed by atoms with Gasteiger partial charge >= 0.3 is 0 Å². The number of rotatable bonds is 6. The van der Waals surface area contributed by atoms with Gasteiger partial charge in [-0.15, -0.1) is 12.4 Å². The minimum Gasteiger partial charge on any atom is -0.497 e. The molecule has 0 aliphatic heterocycles. The average Bonchev–Trinajstić information content (AvgIpc) is 3.44. The highest BCUT2D eigenvalue weighted by atomic mass is 35.5. The van der Waals surface area contributed by atoms with Crippen molar-refractivity contribution in [3.8, 4) is 16.9 Å². The zero-order valence-corrected chi connectivity index (χ0v) is 14.8. The third-order valence-corrected chi connectivity index (χ3v) is 4.40. The van der Waals surface area contributed by atoms with E-state index >= 15 is 0 Å². The summed E-state index contributed by atoms with van der Waals surface area (Å²) in [6.07, 6.45) is 2.14. The van der Waals surface area contributed by atoms with Crippen LogP contribution in [0.4, 0.5) is 4.39 Å². The summed E-state index contributed by atoms with van der Waals surface area (Å²) in [7, 11) is 1.60. The number of hydrogen-bond donors (Lipinski definition) is 2. The van der Waals surface area contributed by atoms with E-state index in [1.54, 1.807) is 13.2 Å². The topological polar surface area (TPSA) is 64.3 Å². The maximum Gasteiger partial charge on any atom is 0.254 e. The van der Waals surface area contributed by atoms with Crippen LogP contribution in [0, 0.1) is 11.7 Å². The first-order valence-electron chi connectivity index (χ1n) is 8.07. The van der Waals surface area contributed by atoms with Gasteiger partial charge in [-0.25, -0.2) is 4.39 Å². The summed E-state index contributed by atoms with van der Waals surface area (Å²) in [4.78, 5) is 12.3. The van der Waals surface area contributed by atoms with E-state index in [4.69, 9.17) is 10.5 Å². The lowest BCUT2D eigenvalue weighted by Crippen LogP contribution is -2.42. The number of carbonyl (C=O) groups excluding carboxylic acids is 1. The largest absolute Gasteiger partial charge is 0.497 e. The lowest BCUT2D eigenvalue weighted by Gasteiger charge is -2.16. The second-order valence-corrected chi connectivity index (χ2v) is 6.08.